The van der Waals surface area contributed by atoms with Crippen LogP contribution in [0.2, 0.25) is 0 Å². The molecule has 0 saturated carbocycles. The highest BCUT2D eigenvalue weighted by Gasteiger charge is 2.28. The van der Waals surface area contributed by atoms with Crippen LogP contribution in [0.4, 0.5) is 5.69 Å². The fraction of sp³-hybridized carbons (Fsp3) is 0.350. The molecule has 0 bridgehead atoms. The number of aryl methyl sites for hydroxylation is 2. The van der Waals surface area contributed by atoms with Gasteiger partial charge in [-0.1, -0.05) is 5.16 Å². The number of pyridine rings is 1. The second-order valence-electron chi connectivity index (χ2n) is 7.23. The molecule has 0 spiro atoms. The van der Waals surface area contributed by atoms with Gasteiger partial charge in [0.2, 0.25) is 0 Å². The summed E-state index contributed by atoms with van der Waals surface area (Å²) in [6, 6.07) is 5.30. The number of carboxylic acid groups (broad SMARTS) is 1. The number of nitrogens with zero attached hydrogens (tertiary/aromatic N) is 5. The van der Waals surface area contributed by atoms with Crippen LogP contribution in [0.25, 0.3) is 11.3 Å². The van der Waals surface area contributed by atoms with Crippen molar-refractivity contribution in [3.05, 3.63) is 58.0 Å². The Kier molecular flexibility index (Phi) is 4.87. The van der Waals surface area contributed by atoms with E-state index in [0.29, 0.717) is 36.7 Å². The minimum Gasteiger partial charge on any atom is -0.481 e. The van der Waals surface area contributed by atoms with Gasteiger partial charge in [0.15, 0.2) is 0 Å². The summed E-state index contributed by atoms with van der Waals surface area (Å²) in [5, 5.41) is 17.6. The zero-order chi connectivity index (χ0) is 20.5. The van der Waals surface area contributed by atoms with E-state index in [9.17, 15) is 9.59 Å². The van der Waals surface area contributed by atoms with Gasteiger partial charge in [-0.3, -0.25) is 14.6 Å². The van der Waals surface area contributed by atoms with Gasteiger partial charge in [0.25, 0.3) is 5.56 Å². The lowest BCUT2D eigenvalue weighted by molar-refractivity contribution is -0.140. The summed E-state index contributed by atoms with van der Waals surface area (Å²) in [6.07, 6.45) is 3.88. The number of hydrogen-bond donors (Lipinski definition) is 1. The molecule has 1 aliphatic heterocycles. The average Bonchev–Trinajstić information content (AvgIpc) is 3.32. The third-order valence-corrected chi connectivity index (χ3v) is 5.24. The number of rotatable bonds is 5. The van der Waals surface area contributed by atoms with E-state index >= 15 is 0 Å². The van der Waals surface area contributed by atoms with Gasteiger partial charge in [0.1, 0.15) is 11.5 Å². The fourth-order valence-corrected chi connectivity index (χ4v) is 3.47. The molecule has 29 heavy (non-hydrogen) atoms. The molecule has 0 radical (unpaired) electrons. The monoisotopic (exact) mass is 395 g/mol. The molecule has 4 heterocycles. The minimum absolute atomic E-state index is 0.218. The van der Waals surface area contributed by atoms with E-state index in [1.54, 1.807) is 19.3 Å². The number of hydrogen-bond acceptors (Lipinski definition) is 7. The predicted molar refractivity (Wildman–Crippen MR) is 105 cm³/mol. The van der Waals surface area contributed by atoms with Crippen LogP contribution >= 0.6 is 0 Å². The summed E-state index contributed by atoms with van der Waals surface area (Å²) in [4.78, 5) is 30.0. The van der Waals surface area contributed by atoms with Crippen LogP contribution in [-0.2, 0) is 11.3 Å². The van der Waals surface area contributed by atoms with Crippen molar-refractivity contribution in [3.8, 4) is 11.3 Å². The molecule has 9 nitrogen and oxygen atoms in total. The highest BCUT2D eigenvalue weighted by atomic mass is 16.5. The van der Waals surface area contributed by atoms with E-state index in [1.165, 1.54) is 10.7 Å². The average molecular weight is 395 g/mol. The Bertz CT molecular complexity index is 1100. The summed E-state index contributed by atoms with van der Waals surface area (Å²) in [5.41, 5.74) is 3.48. The Balaban J connectivity index is 1.58. The summed E-state index contributed by atoms with van der Waals surface area (Å²) in [5.74, 6) is -0.611. The molecule has 4 rings (SSSR count). The number of aromatic nitrogens is 4. The lowest BCUT2D eigenvalue weighted by atomic mass is 10.1. The van der Waals surface area contributed by atoms with Crippen LogP contribution in [0.5, 0.6) is 0 Å². The lowest BCUT2D eigenvalue weighted by Crippen LogP contribution is -2.28. The lowest BCUT2D eigenvalue weighted by Gasteiger charge is -2.17. The molecule has 0 aliphatic carbocycles. The van der Waals surface area contributed by atoms with Crippen LogP contribution in [-0.4, -0.2) is 44.1 Å². The summed E-state index contributed by atoms with van der Waals surface area (Å²) >= 11 is 0. The van der Waals surface area contributed by atoms with Crippen LogP contribution in [0.15, 0.2) is 39.9 Å². The van der Waals surface area contributed by atoms with Crippen LogP contribution in [0.3, 0.4) is 0 Å². The first-order chi connectivity index (χ1) is 13.9. The van der Waals surface area contributed by atoms with E-state index < -0.39 is 11.9 Å². The van der Waals surface area contributed by atoms with Crippen molar-refractivity contribution in [2.24, 2.45) is 5.92 Å². The van der Waals surface area contributed by atoms with Crippen LogP contribution < -0.4 is 10.5 Å². The van der Waals surface area contributed by atoms with Crippen molar-refractivity contribution in [3.63, 3.8) is 0 Å². The van der Waals surface area contributed by atoms with Crippen molar-refractivity contribution in [1.29, 1.82) is 0 Å². The topological polar surface area (TPSA) is 114 Å². The highest BCUT2D eigenvalue weighted by molar-refractivity contribution is 5.72. The van der Waals surface area contributed by atoms with Crippen molar-refractivity contribution in [2.45, 2.75) is 26.8 Å². The van der Waals surface area contributed by atoms with E-state index in [0.717, 1.165) is 16.8 Å². The van der Waals surface area contributed by atoms with Gasteiger partial charge < -0.3 is 14.5 Å². The van der Waals surface area contributed by atoms with Gasteiger partial charge >= 0.3 is 5.97 Å². The highest BCUT2D eigenvalue weighted by Crippen LogP contribution is 2.26. The predicted octanol–water partition coefficient (Wildman–Crippen LogP) is 1.87. The quantitative estimate of drug-likeness (QED) is 0.696. The summed E-state index contributed by atoms with van der Waals surface area (Å²) in [6.45, 7) is 4.90. The second-order valence-corrected chi connectivity index (χ2v) is 7.23. The van der Waals surface area contributed by atoms with Gasteiger partial charge in [-0.25, -0.2) is 4.68 Å². The van der Waals surface area contributed by atoms with Crippen molar-refractivity contribution >= 4 is 11.7 Å². The number of carboxylic acids is 1. The Morgan fingerprint density at radius 1 is 1.31 bits per heavy atom. The molecular formula is C20H21N5O4. The van der Waals surface area contributed by atoms with Crippen molar-refractivity contribution in [1.82, 2.24) is 19.9 Å². The summed E-state index contributed by atoms with van der Waals surface area (Å²) in [7, 11) is 0. The molecule has 3 aromatic rings. The van der Waals surface area contributed by atoms with E-state index in [1.807, 2.05) is 24.0 Å². The van der Waals surface area contributed by atoms with E-state index in [4.69, 9.17) is 9.63 Å². The first kappa shape index (κ1) is 18.9. The first-order valence-electron chi connectivity index (χ1n) is 9.35. The zero-order valence-corrected chi connectivity index (χ0v) is 16.2. The largest absolute Gasteiger partial charge is 0.481 e. The standard InChI is InChI=1S/C20H21N5O4/c1-12-3-4-14(8-21-12)19-17(13(2)29-23-19)11-25-18(26)7-16(9-22-25)24-6-5-15(10-24)20(27)28/h3-4,7-9,15H,5-6,10-11H2,1-2H3,(H,27,28)/t15-/m0/s1. The molecule has 0 amide bonds. The Hall–Kier alpha value is -3.49. The number of aliphatic carboxylic acids is 1. The van der Waals surface area contributed by atoms with Gasteiger partial charge in [-0.2, -0.15) is 5.10 Å². The molecule has 9 heteroatoms. The fourth-order valence-electron chi connectivity index (χ4n) is 3.47. The molecule has 0 unspecified atom stereocenters. The van der Waals surface area contributed by atoms with Gasteiger partial charge in [-0.15, -0.1) is 0 Å². The van der Waals surface area contributed by atoms with Crippen molar-refractivity contribution in [2.75, 3.05) is 18.0 Å². The number of anilines is 1. The molecule has 150 valence electrons. The minimum atomic E-state index is -0.810. The van der Waals surface area contributed by atoms with Crippen LogP contribution in [0, 0.1) is 19.8 Å². The maximum Gasteiger partial charge on any atom is 0.308 e. The van der Waals surface area contributed by atoms with Gasteiger partial charge in [-0.05, 0) is 32.4 Å². The first-order valence-corrected chi connectivity index (χ1v) is 9.35. The number of carbonyl (C=O) groups is 1. The normalized spacial score (nSPS) is 16.3. The molecule has 0 aromatic carbocycles. The summed E-state index contributed by atoms with van der Waals surface area (Å²) < 4.78 is 6.69. The second kappa shape index (κ2) is 7.50. The van der Waals surface area contributed by atoms with Gasteiger partial charge in [0, 0.05) is 42.2 Å². The van der Waals surface area contributed by atoms with Crippen LogP contribution in [0.1, 0.15) is 23.4 Å². The van der Waals surface area contributed by atoms with E-state index in [-0.39, 0.29) is 12.1 Å². The maximum atomic E-state index is 12.6. The smallest absolute Gasteiger partial charge is 0.308 e. The molecule has 1 fully saturated rings. The van der Waals surface area contributed by atoms with Gasteiger partial charge in [0.05, 0.1) is 24.3 Å². The molecule has 3 aromatic heterocycles. The Morgan fingerprint density at radius 2 is 2.14 bits per heavy atom. The van der Waals surface area contributed by atoms with Crippen molar-refractivity contribution < 1.29 is 14.4 Å². The Labute approximate surface area is 166 Å². The Morgan fingerprint density at radius 3 is 2.79 bits per heavy atom. The SMILES string of the molecule is Cc1ccc(-c2noc(C)c2Cn2ncc(N3CC[C@H](C(=O)O)C3)cc2=O)cn1. The maximum absolute atomic E-state index is 12.6. The molecule has 1 N–H and O–H groups in total. The third kappa shape index (κ3) is 3.75. The molecule has 1 atom stereocenters. The molecule has 1 aliphatic rings. The molecule has 1 saturated heterocycles. The zero-order valence-electron chi connectivity index (χ0n) is 16.2. The molecular weight excluding hydrogens is 374 g/mol. The van der Waals surface area contributed by atoms with E-state index in [2.05, 4.69) is 15.2 Å². The third-order valence-electron chi connectivity index (χ3n) is 5.24.